The van der Waals surface area contributed by atoms with Gasteiger partial charge in [0.1, 0.15) is 11.6 Å². The van der Waals surface area contributed by atoms with Crippen molar-refractivity contribution >= 4 is 41.1 Å². The molecular formula is C26H21B3FN5O5. The third-order valence-electron chi connectivity index (χ3n) is 5.86. The summed E-state index contributed by atoms with van der Waals surface area (Å²) in [5.74, 6) is -2.13. The summed E-state index contributed by atoms with van der Waals surface area (Å²) in [6.07, 6.45) is 1.03. The number of rotatable bonds is 10. The van der Waals surface area contributed by atoms with E-state index in [9.17, 15) is 23.9 Å². The predicted molar refractivity (Wildman–Crippen MR) is 148 cm³/mol. The molecule has 0 amide bonds. The van der Waals surface area contributed by atoms with Crippen LogP contribution in [0.5, 0.6) is 11.6 Å². The van der Waals surface area contributed by atoms with Crippen LogP contribution in [-0.2, 0) is 23.0 Å². The fourth-order valence-electron chi connectivity index (χ4n) is 3.64. The number of hydrogen-bond donors (Lipinski definition) is 2. The Bertz CT molecular complexity index is 1620. The maximum Gasteiger partial charge on any atom is 0.354 e. The average molecular weight is 535 g/mol. The van der Waals surface area contributed by atoms with Gasteiger partial charge in [0.25, 0.3) is 0 Å². The Morgan fingerprint density at radius 2 is 1.73 bits per heavy atom. The van der Waals surface area contributed by atoms with Gasteiger partial charge in [0.05, 0.1) is 42.2 Å². The molecule has 4 rings (SSSR count). The van der Waals surface area contributed by atoms with Crippen molar-refractivity contribution in [1.82, 2.24) is 19.1 Å². The van der Waals surface area contributed by atoms with Crippen molar-refractivity contribution in [2.45, 2.75) is 25.1 Å². The first-order valence-corrected chi connectivity index (χ1v) is 12.0. The van der Waals surface area contributed by atoms with Gasteiger partial charge in [-0.25, -0.2) is 23.5 Å². The molecule has 1 atom stereocenters. The maximum absolute atomic E-state index is 13.4. The number of halogens is 1. The van der Waals surface area contributed by atoms with Gasteiger partial charge < -0.3 is 15.2 Å². The second-order valence-corrected chi connectivity index (χ2v) is 9.13. The van der Waals surface area contributed by atoms with Gasteiger partial charge in [-0.05, 0) is 35.9 Å². The van der Waals surface area contributed by atoms with Crippen LogP contribution in [0.25, 0.3) is 0 Å². The van der Waals surface area contributed by atoms with E-state index >= 15 is 0 Å². The number of benzene rings is 2. The van der Waals surface area contributed by atoms with E-state index in [0.29, 0.717) is 22.6 Å². The topological polar surface area (TPSA) is 128 Å². The molecule has 0 aliphatic rings. The van der Waals surface area contributed by atoms with Gasteiger partial charge in [0, 0.05) is 18.3 Å². The van der Waals surface area contributed by atoms with Crippen molar-refractivity contribution in [3.05, 3.63) is 105 Å². The van der Waals surface area contributed by atoms with Crippen LogP contribution in [-0.4, -0.2) is 53.7 Å². The SMILES string of the molecule is [B]C([B])([B])c1ccc(Cn2c(Nc3ccc(Oc4ccc(F)cn4)cc3)nc(=O)n(C[C@H](C)C(=O)O)c2=O)cc1. The summed E-state index contributed by atoms with van der Waals surface area (Å²) in [6, 6.07) is 15.6. The molecular weight excluding hydrogens is 514 g/mol. The van der Waals surface area contributed by atoms with Crippen LogP contribution in [0.2, 0.25) is 0 Å². The number of carbonyl (C=O) groups is 1. The first kappa shape index (κ1) is 28.4. The molecule has 196 valence electrons. The third-order valence-corrected chi connectivity index (χ3v) is 5.86. The van der Waals surface area contributed by atoms with Crippen LogP contribution in [0.1, 0.15) is 18.1 Å². The van der Waals surface area contributed by atoms with E-state index in [2.05, 4.69) is 15.3 Å². The highest BCUT2D eigenvalue weighted by Crippen LogP contribution is 2.23. The average Bonchev–Trinajstić information content (AvgIpc) is 2.90. The molecule has 2 heterocycles. The van der Waals surface area contributed by atoms with E-state index in [0.717, 1.165) is 10.8 Å². The number of anilines is 2. The molecule has 0 spiro atoms. The zero-order valence-electron chi connectivity index (χ0n) is 21.3. The van der Waals surface area contributed by atoms with Gasteiger partial charge in [-0.1, -0.05) is 36.8 Å². The number of carboxylic acids is 1. The number of hydrogen-bond acceptors (Lipinski definition) is 7. The Morgan fingerprint density at radius 1 is 1.05 bits per heavy atom. The van der Waals surface area contributed by atoms with E-state index in [-0.39, 0.29) is 24.9 Å². The standard InChI is InChI=1S/C26H21B3FN5O5/c1-15(22(36)37)13-35-24(38)33-23(34(25(35)39)14-16-2-4-17(5-3-16)26(27,28)29)32-19-7-9-20(10-8-19)40-21-11-6-18(30)12-31-21/h2-12,15H,13-14H2,1H3,(H,36,37)(H,32,33,38)/t15-/m0/s1. The lowest BCUT2D eigenvalue weighted by Crippen LogP contribution is -2.44. The lowest BCUT2D eigenvalue weighted by molar-refractivity contribution is -0.141. The molecule has 0 aliphatic heterocycles. The van der Waals surface area contributed by atoms with E-state index < -0.39 is 34.2 Å². The second kappa shape index (κ2) is 11.6. The highest BCUT2D eigenvalue weighted by Gasteiger charge is 2.19. The number of aromatic nitrogens is 4. The largest absolute Gasteiger partial charge is 0.481 e. The monoisotopic (exact) mass is 535 g/mol. The molecule has 2 aromatic carbocycles. The Labute approximate surface area is 232 Å². The lowest BCUT2D eigenvalue weighted by atomic mass is 9.40. The fraction of sp³-hybridized carbons (Fsp3) is 0.192. The summed E-state index contributed by atoms with van der Waals surface area (Å²) in [6.45, 7) is 0.992. The van der Waals surface area contributed by atoms with Crippen LogP contribution < -0.4 is 21.4 Å². The van der Waals surface area contributed by atoms with Crippen molar-refractivity contribution in [3.63, 3.8) is 0 Å². The highest BCUT2D eigenvalue weighted by molar-refractivity contribution is 6.58. The summed E-state index contributed by atoms with van der Waals surface area (Å²) < 4.78 is 20.6. The van der Waals surface area contributed by atoms with E-state index in [1.54, 1.807) is 48.5 Å². The van der Waals surface area contributed by atoms with Gasteiger partial charge >= 0.3 is 17.3 Å². The fourth-order valence-corrected chi connectivity index (χ4v) is 3.64. The molecule has 0 fully saturated rings. The van der Waals surface area contributed by atoms with Crippen molar-refractivity contribution < 1.29 is 19.0 Å². The summed E-state index contributed by atoms with van der Waals surface area (Å²) >= 11 is 0. The minimum absolute atomic E-state index is 0.0275. The summed E-state index contributed by atoms with van der Waals surface area (Å²) in [5.41, 5.74) is -0.113. The Kier molecular flexibility index (Phi) is 8.27. The first-order chi connectivity index (χ1) is 18.9. The Hall–Kier alpha value is -4.61. The molecule has 14 heteroatoms. The predicted octanol–water partition coefficient (Wildman–Crippen LogP) is 1.86. The molecule has 0 aliphatic carbocycles. The van der Waals surface area contributed by atoms with Gasteiger partial charge in [0.2, 0.25) is 11.8 Å². The van der Waals surface area contributed by atoms with Crippen molar-refractivity contribution in [3.8, 4) is 11.6 Å². The normalized spacial score (nSPS) is 12.1. The smallest absolute Gasteiger partial charge is 0.354 e. The summed E-state index contributed by atoms with van der Waals surface area (Å²) in [4.78, 5) is 45.4. The second-order valence-electron chi connectivity index (χ2n) is 9.13. The van der Waals surface area contributed by atoms with Gasteiger partial charge in [0.15, 0.2) is 0 Å². The molecule has 10 nitrogen and oxygen atoms in total. The number of carboxylic acid groups (broad SMARTS) is 1. The first-order valence-electron chi connectivity index (χ1n) is 12.0. The Morgan fingerprint density at radius 3 is 2.30 bits per heavy atom. The van der Waals surface area contributed by atoms with Gasteiger partial charge in [-0.3, -0.25) is 9.36 Å². The zero-order chi connectivity index (χ0) is 29.0. The lowest BCUT2D eigenvalue weighted by Gasteiger charge is -2.21. The van der Waals surface area contributed by atoms with E-state index in [4.69, 9.17) is 28.3 Å². The molecule has 4 aromatic rings. The summed E-state index contributed by atoms with van der Waals surface area (Å²) in [7, 11) is 17.2. The highest BCUT2D eigenvalue weighted by atomic mass is 19.1. The van der Waals surface area contributed by atoms with Crippen LogP contribution in [0, 0.1) is 11.7 Å². The summed E-state index contributed by atoms with van der Waals surface area (Å²) in [5, 5.41) is 10.7. The van der Waals surface area contributed by atoms with Crippen LogP contribution >= 0.6 is 0 Å². The number of aliphatic carboxylic acids is 1. The Balaban J connectivity index is 1.66. The molecule has 6 radical (unpaired) electrons. The number of nitrogens with one attached hydrogen (secondary N) is 1. The van der Waals surface area contributed by atoms with E-state index in [1.807, 2.05) is 0 Å². The molecule has 0 saturated carbocycles. The van der Waals surface area contributed by atoms with E-state index in [1.165, 1.54) is 23.6 Å². The van der Waals surface area contributed by atoms with Crippen LogP contribution in [0.4, 0.5) is 16.0 Å². The molecule has 2 N–H and O–H groups in total. The van der Waals surface area contributed by atoms with Crippen molar-refractivity contribution in [1.29, 1.82) is 0 Å². The minimum Gasteiger partial charge on any atom is -0.481 e. The number of pyridine rings is 1. The molecule has 0 saturated heterocycles. The number of ether oxygens (including phenoxy) is 1. The van der Waals surface area contributed by atoms with Crippen LogP contribution in [0.3, 0.4) is 0 Å². The molecule has 0 unspecified atom stereocenters. The van der Waals surface area contributed by atoms with Crippen molar-refractivity contribution in [2.24, 2.45) is 5.92 Å². The van der Waals surface area contributed by atoms with Crippen LogP contribution in [0.15, 0.2) is 76.4 Å². The van der Waals surface area contributed by atoms with Crippen molar-refractivity contribution in [2.75, 3.05) is 5.32 Å². The zero-order valence-corrected chi connectivity index (χ0v) is 21.3. The maximum atomic E-state index is 13.4. The van der Waals surface area contributed by atoms with Gasteiger partial charge in [-0.15, -0.1) is 5.11 Å². The molecule has 0 bridgehead atoms. The number of nitrogens with zero attached hydrogens (tertiary/aromatic N) is 4. The third kappa shape index (κ3) is 6.88. The quantitative estimate of drug-likeness (QED) is 0.295. The minimum atomic E-state index is -1.55. The molecule has 2 aromatic heterocycles. The van der Waals surface area contributed by atoms with Gasteiger partial charge in [-0.2, -0.15) is 4.98 Å². The molecule has 40 heavy (non-hydrogen) atoms.